The summed E-state index contributed by atoms with van der Waals surface area (Å²) in [6, 6.07) is 0. The Balaban J connectivity index is 3.96. The molecule has 8 heteroatoms. The third-order valence-electron chi connectivity index (χ3n) is 0.950. The van der Waals surface area contributed by atoms with E-state index in [0.29, 0.717) is 0 Å². The average molecular weight is 218 g/mol. The van der Waals surface area contributed by atoms with E-state index in [-0.39, 0.29) is 6.61 Å². The van der Waals surface area contributed by atoms with Crippen molar-refractivity contribution in [3.05, 3.63) is 0 Å². The van der Waals surface area contributed by atoms with Gasteiger partial charge in [-0.3, -0.25) is 13.7 Å². The molecule has 0 aliphatic carbocycles. The molecular weight excluding hydrogens is 206 g/mol. The summed E-state index contributed by atoms with van der Waals surface area (Å²) >= 11 is 0. The molecule has 0 bridgehead atoms. The van der Waals surface area contributed by atoms with Gasteiger partial charge in [0.25, 0.3) is 0 Å². The molecule has 0 aromatic rings. The molecule has 0 aromatic carbocycles. The minimum absolute atomic E-state index is 0.195. The van der Waals surface area contributed by atoms with Crippen molar-refractivity contribution in [2.45, 2.75) is 6.92 Å². The summed E-state index contributed by atoms with van der Waals surface area (Å²) < 4.78 is 34.8. The maximum absolute atomic E-state index is 11.3. The van der Waals surface area contributed by atoms with Crippen molar-refractivity contribution in [1.29, 1.82) is 0 Å². The minimum Gasteiger partial charge on any atom is -0.326 e. The molecule has 0 saturated heterocycles. The average Bonchev–Trinajstić information content (AvgIpc) is 2.02. The van der Waals surface area contributed by atoms with Gasteiger partial charge in [0.2, 0.25) is 0 Å². The predicted octanol–water partition coefficient (Wildman–Crippen LogP) is 1.22. The van der Waals surface area contributed by atoms with Gasteiger partial charge in [0, 0.05) is 7.11 Å². The molecule has 0 aliphatic heterocycles. The monoisotopic (exact) mass is 218 g/mol. The van der Waals surface area contributed by atoms with Gasteiger partial charge in [0.1, 0.15) is 0 Å². The Bertz CT molecular complexity index is 192. The number of rotatable bonds is 6. The first-order chi connectivity index (χ1) is 5.54. The van der Waals surface area contributed by atoms with Crippen molar-refractivity contribution in [3.8, 4) is 0 Å². The van der Waals surface area contributed by atoms with Gasteiger partial charge in [0.05, 0.1) is 6.61 Å². The van der Waals surface area contributed by atoms with Gasteiger partial charge < -0.3 is 13.9 Å². The fourth-order valence-corrected chi connectivity index (χ4v) is 2.23. The molecule has 0 amide bonds. The second-order valence-corrected chi connectivity index (χ2v) is 4.67. The van der Waals surface area contributed by atoms with Crippen molar-refractivity contribution in [2.24, 2.45) is 0 Å². The predicted molar refractivity (Wildman–Crippen MR) is 43.4 cm³/mol. The van der Waals surface area contributed by atoms with Crippen LogP contribution in [0, 0.1) is 0 Å². The zero-order valence-corrected chi connectivity index (χ0v) is 8.74. The third kappa shape index (κ3) is 5.04. The molecule has 1 N–H and O–H groups in total. The van der Waals surface area contributed by atoms with Gasteiger partial charge in [-0.25, -0.2) is 0 Å². The molecule has 0 radical (unpaired) electrons. The van der Waals surface area contributed by atoms with Crippen LogP contribution in [-0.4, -0.2) is 25.0 Å². The largest absolute Gasteiger partial charge is 0.356 e. The molecule has 0 aromatic heterocycles. The Kier molecular flexibility index (Phi) is 6.01. The summed E-state index contributed by atoms with van der Waals surface area (Å²) in [4.78, 5) is 8.27. The van der Waals surface area contributed by atoms with Crippen LogP contribution in [0.4, 0.5) is 0 Å². The summed E-state index contributed by atoms with van der Waals surface area (Å²) in [6.07, 6.45) is -0.494. The highest BCUT2D eigenvalue weighted by molar-refractivity contribution is 7.54. The lowest BCUT2D eigenvalue weighted by Gasteiger charge is -2.13. The second-order valence-electron chi connectivity index (χ2n) is 1.75. The molecule has 74 valence electrons. The summed E-state index contributed by atoms with van der Waals surface area (Å²) in [7, 11) is -5.20. The highest BCUT2D eigenvalue weighted by atomic mass is 31.2. The molecule has 0 fully saturated rings. The van der Waals surface area contributed by atoms with Gasteiger partial charge in [-0.2, -0.15) is 0 Å². The van der Waals surface area contributed by atoms with Crippen LogP contribution in [0.1, 0.15) is 6.92 Å². The van der Waals surface area contributed by atoms with Crippen molar-refractivity contribution in [2.75, 3.05) is 20.1 Å². The number of hydrogen-bond acceptors (Lipinski definition) is 5. The molecule has 0 heterocycles. The molecule has 0 spiro atoms. The highest BCUT2D eigenvalue weighted by Crippen LogP contribution is 2.48. The molecule has 6 nitrogen and oxygen atoms in total. The van der Waals surface area contributed by atoms with Gasteiger partial charge >= 0.3 is 15.9 Å². The van der Waals surface area contributed by atoms with E-state index in [1.165, 1.54) is 7.11 Å². The first kappa shape index (κ1) is 12.3. The van der Waals surface area contributed by atoms with Crippen LogP contribution in [0.25, 0.3) is 0 Å². The van der Waals surface area contributed by atoms with Crippen LogP contribution in [-0.2, 0) is 22.7 Å². The summed E-state index contributed by atoms with van der Waals surface area (Å²) in [5, 5.41) is 0. The Morgan fingerprint density at radius 3 is 2.50 bits per heavy atom. The normalized spacial score (nSPS) is 18.6. The van der Waals surface area contributed by atoms with Crippen LogP contribution in [0.3, 0.4) is 0 Å². The van der Waals surface area contributed by atoms with Crippen LogP contribution in [0.5, 0.6) is 0 Å². The van der Waals surface area contributed by atoms with E-state index in [1.54, 1.807) is 6.92 Å². The van der Waals surface area contributed by atoms with Crippen LogP contribution in [0.2, 0.25) is 0 Å². The maximum atomic E-state index is 11.3. The van der Waals surface area contributed by atoms with Gasteiger partial charge in [-0.15, -0.1) is 0 Å². The zero-order valence-electron chi connectivity index (χ0n) is 6.85. The quantitative estimate of drug-likeness (QED) is 0.675. The summed E-state index contributed by atoms with van der Waals surface area (Å²) in [6.45, 7) is 1.83. The lowest BCUT2D eigenvalue weighted by molar-refractivity contribution is 0.212. The van der Waals surface area contributed by atoms with E-state index in [4.69, 9.17) is 9.42 Å². The maximum Gasteiger partial charge on any atom is 0.356 e. The topological polar surface area (TPSA) is 82.1 Å². The lowest BCUT2D eigenvalue weighted by Crippen LogP contribution is -1.97. The van der Waals surface area contributed by atoms with E-state index in [9.17, 15) is 9.13 Å². The molecular formula is C4H12O6P2. The summed E-state index contributed by atoms with van der Waals surface area (Å²) in [5.41, 5.74) is 0. The van der Waals surface area contributed by atoms with E-state index in [2.05, 4.69) is 9.05 Å². The van der Waals surface area contributed by atoms with Crippen molar-refractivity contribution in [1.82, 2.24) is 0 Å². The SMILES string of the molecule is CCOP(=O)(CO[PH](=O)O)OC. The Morgan fingerprint density at radius 1 is 1.58 bits per heavy atom. The zero-order chi connectivity index (χ0) is 9.61. The van der Waals surface area contributed by atoms with Crippen molar-refractivity contribution in [3.63, 3.8) is 0 Å². The van der Waals surface area contributed by atoms with E-state index in [1.807, 2.05) is 0 Å². The van der Waals surface area contributed by atoms with E-state index < -0.39 is 22.2 Å². The van der Waals surface area contributed by atoms with Crippen molar-refractivity contribution < 1.29 is 27.6 Å². The Hall–Kier alpha value is 0.300. The molecule has 0 aliphatic rings. The first-order valence-corrected chi connectivity index (χ1v) is 6.18. The highest BCUT2D eigenvalue weighted by Gasteiger charge is 2.23. The smallest absolute Gasteiger partial charge is 0.326 e. The van der Waals surface area contributed by atoms with Crippen LogP contribution >= 0.6 is 15.9 Å². The standard InChI is InChI=1S/C4H12O6P2/c1-3-10-12(7,8-2)4-9-11(5)6/h11H,3-4H2,1-2H3,(H,5,6). The third-order valence-corrected chi connectivity index (χ3v) is 3.24. The molecule has 0 saturated carbocycles. The van der Waals surface area contributed by atoms with Crippen LogP contribution < -0.4 is 0 Å². The van der Waals surface area contributed by atoms with E-state index in [0.717, 1.165) is 0 Å². The van der Waals surface area contributed by atoms with Gasteiger partial charge in [-0.05, 0) is 6.92 Å². The second kappa shape index (κ2) is 5.86. The van der Waals surface area contributed by atoms with Crippen LogP contribution in [0.15, 0.2) is 0 Å². The fourth-order valence-electron chi connectivity index (χ4n) is 0.474. The Morgan fingerprint density at radius 2 is 2.17 bits per heavy atom. The number of hydrogen-bond donors (Lipinski definition) is 1. The van der Waals surface area contributed by atoms with E-state index >= 15 is 0 Å². The molecule has 2 atom stereocenters. The molecule has 12 heavy (non-hydrogen) atoms. The van der Waals surface area contributed by atoms with Gasteiger partial charge in [-0.1, -0.05) is 0 Å². The molecule has 0 rings (SSSR count). The fraction of sp³-hybridized carbons (Fsp3) is 1.00. The Labute approximate surface area is 71.3 Å². The minimum atomic E-state index is -3.31. The van der Waals surface area contributed by atoms with Crippen molar-refractivity contribution >= 4 is 15.9 Å². The molecule has 2 unspecified atom stereocenters. The summed E-state index contributed by atoms with van der Waals surface area (Å²) in [5.74, 6) is 0. The lowest BCUT2D eigenvalue weighted by atomic mass is 10.9. The first-order valence-electron chi connectivity index (χ1n) is 3.19. The van der Waals surface area contributed by atoms with Gasteiger partial charge in [0.15, 0.2) is 6.35 Å².